The molecule has 2 fully saturated rings. The highest BCUT2D eigenvalue weighted by molar-refractivity contribution is 5.93. The quantitative estimate of drug-likeness (QED) is 0.776. The van der Waals surface area contributed by atoms with Gasteiger partial charge in [-0.15, -0.1) is 0 Å². The molecule has 3 heterocycles. The molecule has 2 aliphatic heterocycles. The molecule has 0 aliphatic carbocycles. The highest BCUT2D eigenvalue weighted by atomic mass is 19.1. The smallest absolute Gasteiger partial charge is 0.257 e. The third-order valence-corrected chi connectivity index (χ3v) is 6.02. The van der Waals surface area contributed by atoms with Crippen molar-refractivity contribution in [2.24, 2.45) is 5.92 Å². The summed E-state index contributed by atoms with van der Waals surface area (Å²) in [5.74, 6) is 0.329. The molecule has 6 nitrogen and oxygen atoms in total. The summed E-state index contributed by atoms with van der Waals surface area (Å²) >= 11 is 0. The molecule has 156 valence electrons. The number of aromatic amines is 1. The minimum absolute atomic E-state index is 0.0167. The molecule has 7 heteroatoms. The van der Waals surface area contributed by atoms with Crippen LogP contribution in [0.4, 0.5) is 4.39 Å². The fraction of sp³-hybridized carbons (Fsp3) is 0.545. The second-order valence-corrected chi connectivity index (χ2v) is 8.14. The standard InChI is InChI=1S/C22H29FN4O2/c23-21-6-2-1-4-18(21)15-26-9-7-17(8-10-26)14-27(16-20-5-3-11-29-20)22(28)19-12-24-25-13-19/h1-2,4,6,12-13,17,20H,3,5,7-11,14-16H2,(H,24,25)/t20-/m1/s1. The fourth-order valence-electron chi connectivity index (χ4n) is 4.33. The van der Waals surface area contributed by atoms with Gasteiger partial charge in [0.2, 0.25) is 0 Å². The zero-order valence-electron chi connectivity index (χ0n) is 16.7. The minimum atomic E-state index is -0.136. The van der Waals surface area contributed by atoms with Gasteiger partial charge in [0.15, 0.2) is 0 Å². The molecule has 1 N–H and O–H groups in total. The Balaban J connectivity index is 1.33. The fourth-order valence-corrected chi connectivity index (χ4v) is 4.33. The normalized spacial score (nSPS) is 20.8. The lowest BCUT2D eigenvalue weighted by Crippen LogP contribution is -2.43. The molecule has 1 amide bonds. The van der Waals surface area contributed by atoms with Crippen LogP contribution in [0.15, 0.2) is 36.7 Å². The van der Waals surface area contributed by atoms with Gasteiger partial charge in [0.1, 0.15) is 5.82 Å². The van der Waals surface area contributed by atoms with E-state index in [1.54, 1.807) is 18.5 Å². The molecule has 4 rings (SSSR count). The molecule has 0 saturated carbocycles. The summed E-state index contributed by atoms with van der Waals surface area (Å²) in [6.45, 7) is 4.65. The van der Waals surface area contributed by atoms with Crippen LogP contribution in [0.1, 0.15) is 41.6 Å². The third kappa shape index (κ3) is 5.22. The lowest BCUT2D eigenvalue weighted by molar-refractivity contribution is 0.0444. The Bertz CT molecular complexity index is 784. The van der Waals surface area contributed by atoms with Crippen molar-refractivity contribution >= 4 is 5.91 Å². The molecule has 1 aromatic carbocycles. The number of likely N-dealkylation sites (tertiary alicyclic amines) is 1. The van der Waals surface area contributed by atoms with Gasteiger partial charge in [-0.25, -0.2) is 4.39 Å². The predicted molar refractivity (Wildman–Crippen MR) is 108 cm³/mol. The molecule has 1 aromatic heterocycles. The van der Waals surface area contributed by atoms with E-state index in [9.17, 15) is 9.18 Å². The molecule has 2 aliphatic rings. The topological polar surface area (TPSA) is 61.5 Å². The van der Waals surface area contributed by atoms with Gasteiger partial charge < -0.3 is 9.64 Å². The summed E-state index contributed by atoms with van der Waals surface area (Å²) in [4.78, 5) is 17.2. The third-order valence-electron chi connectivity index (χ3n) is 6.02. The van der Waals surface area contributed by atoms with E-state index in [0.29, 0.717) is 24.6 Å². The summed E-state index contributed by atoms with van der Waals surface area (Å²) in [6, 6.07) is 6.99. The summed E-state index contributed by atoms with van der Waals surface area (Å²) in [5.41, 5.74) is 1.35. The predicted octanol–water partition coefficient (Wildman–Crippen LogP) is 3.08. The van der Waals surface area contributed by atoms with Crippen LogP contribution in [0.25, 0.3) is 0 Å². The second kappa shape index (κ2) is 9.50. The maximum absolute atomic E-state index is 13.9. The number of amides is 1. The first-order valence-corrected chi connectivity index (χ1v) is 10.5. The van der Waals surface area contributed by atoms with E-state index in [-0.39, 0.29) is 17.8 Å². The van der Waals surface area contributed by atoms with E-state index in [1.165, 1.54) is 6.07 Å². The van der Waals surface area contributed by atoms with Crippen LogP contribution in [-0.2, 0) is 11.3 Å². The summed E-state index contributed by atoms with van der Waals surface area (Å²) in [6.07, 6.45) is 7.46. The average Bonchev–Trinajstić information content (AvgIpc) is 3.44. The maximum Gasteiger partial charge on any atom is 0.257 e. The van der Waals surface area contributed by atoms with Gasteiger partial charge in [0.05, 0.1) is 17.9 Å². The van der Waals surface area contributed by atoms with Gasteiger partial charge in [0, 0.05) is 38.0 Å². The minimum Gasteiger partial charge on any atom is -0.376 e. The first-order chi connectivity index (χ1) is 14.2. The number of halogens is 1. The zero-order chi connectivity index (χ0) is 20.1. The largest absolute Gasteiger partial charge is 0.376 e. The molecule has 1 atom stereocenters. The van der Waals surface area contributed by atoms with Crippen LogP contribution < -0.4 is 0 Å². The van der Waals surface area contributed by atoms with Crippen LogP contribution in [0.5, 0.6) is 0 Å². The molecule has 2 saturated heterocycles. The van der Waals surface area contributed by atoms with Crippen LogP contribution in [-0.4, -0.2) is 64.8 Å². The number of hydrogen-bond acceptors (Lipinski definition) is 4. The number of H-pyrrole nitrogens is 1. The van der Waals surface area contributed by atoms with Gasteiger partial charge >= 0.3 is 0 Å². The Kier molecular flexibility index (Phi) is 6.56. The SMILES string of the molecule is O=C(c1cn[nH]c1)N(CC1CCN(Cc2ccccc2F)CC1)C[C@H]1CCCO1. The molecule has 0 unspecified atom stereocenters. The number of piperidine rings is 1. The van der Waals surface area contributed by atoms with E-state index in [2.05, 4.69) is 15.1 Å². The van der Waals surface area contributed by atoms with Crippen molar-refractivity contribution in [3.63, 3.8) is 0 Å². The number of nitrogens with one attached hydrogen (secondary N) is 1. The van der Waals surface area contributed by atoms with Gasteiger partial charge in [-0.2, -0.15) is 5.10 Å². The first-order valence-electron chi connectivity index (χ1n) is 10.5. The number of ether oxygens (including phenoxy) is 1. The van der Waals surface area contributed by atoms with Crippen molar-refractivity contribution in [1.29, 1.82) is 0 Å². The summed E-state index contributed by atoms with van der Waals surface area (Å²) in [7, 11) is 0. The average molecular weight is 400 g/mol. The molecule has 29 heavy (non-hydrogen) atoms. The van der Waals surface area contributed by atoms with E-state index in [1.807, 2.05) is 17.0 Å². The van der Waals surface area contributed by atoms with Crippen molar-refractivity contribution < 1.29 is 13.9 Å². The van der Waals surface area contributed by atoms with Gasteiger partial charge in [-0.3, -0.25) is 14.8 Å². The number of hydrogen-bond donors (Lipinski definition) is 1. The highest BCUT2D eigenvalue weighted by Crippen LogP contribution is 2.23. The van der Waals surface area contributed by atoms with E-state index in [4.69, 9.17) is 4.74 Å². The number of rotatable bonds is 7. The van der Waals surface area contributed by atoms with Crippen molar-refractivity contribution in [3.05, 3.63) is 53.6 Å². The van der Waals surface area contributed by atoms with Crippen molar-refractivity contribution in [1.82, 2.24) is 20.0 Å². The number of carbonyl (C=O) groups excluding carboxylic acids is 1. The van der Waals surface area contributed by atoms with Crippen LogP contribution >= 0.6 is 0 Å². The van der Waals surface area contributed by atoms with Crippen LogP contribution in [0.3, 0.4) is 0 Å². The zero-order valence-corrected chi connectivity index (χ0v) is 16.7. The lowest BCUT2D eigenvalue weighted by atomic mass is 9.95. The lowest BCUT2D eigenvalue weighted by Gasteiger charge is -2.35. The Morgan fingerprint density at radius 2 is 2.07 bits per heavy atom. The van der Waals surface area contributed by atoms with Gasteiger partial charge in [-0.05, 0) is 50.8 Å². The number of carbonyl (C=O) groups is 1. The molecule has 0 radical (unpaired) electrons. The highest BCUT2D eigenvalue weighted by Gasteiger charge is 2.28. The van der Waals surface area contributed by atoms with E-state index < -0.39 is 0 Å². The Hall–Kier alpha value is -2.25. The summed E-state index contributed by atoms with van der Waals surface area (Å²) in [5, 5.41) is 6.65. The first kappa shape index (κ1) is 20.0. The van der Waals surface area contributed by atoms with Crippen molar-refractivity contribution in [3.8, 4) is 0 Å². The van der Waals surface area contributed by atoms with E-state index >= 15 is 0 Å². The Morgan fingerprint density at radius 1 is 1.24 bits per heavy atom. The number of nitrogens with zero attached hydrogens (tertiary/aromatic N) is 3. The molecule has 2 aromatic rings. The molecular formula is C22H29FN4O2. The number of aromatic nitrogens is 2. The molecular weight excluding hydrogens is 371 g/mol. The monoisotopic (exact) mass is 400 g/mol. The van der Waals surface area contributed by atoms with Gasteiger partial charge in [0.25, 0.3) is 5.91 Å². The van der Waals surface area contributed by atoms with Crippen molar-refractivity contribution in [2.75, 3.05) is 32.8 Å². The Morgan fingerprint density at radius 3 is 2.76 bits per heavy atom. The number of benzene rings is 1. The van der Waals surface area contributed by atoms with Crippen LogP contribution in [0.2, 0.25) is 0 Å². The van der Waals surface area contributed by atoms with Gasteiger partial charge in [-0.1, -0.05) is 18.2 Å². The Labute approximate surface area is 171 Å². The second-order valence-electron chi connectivity index (χ2n) is 8.14. The summed E-state index contributed by atoms with van der Waals surface area (Å²) < 4.78 is 19.7. The van der Waals surface area contributed by atoms with Crippen LogP contribution in [0, 0.1) is 11.7 Å². The molecule has 0 spiro atoms. The molecule has 0 bridgehead atoms. The maximum atomic E-state index is 13.9. The van der Waals surface area contributed by atoms with E-state index in [0.717, 1.165) is 57.5 Å². The van der Waals surface area contributed by atoms with Crippen molar-refractivity contribution in [2.45, 2.75) is 38.3 Å².